The molecule has 4 nitrogen and oxygen atoms in total. The minimum absolute atomic E-state index is 0.0171. The second-order valence-corrected chi connectivity index (χ2v) is 4.33. The van der Waals surface area contributed by atoms with E-state index in [1.54, 1.807) is 6.92 Å². The summed E-state index contributed by atoms with van der Waals surface area (Å²) in [5.41, 5.74) is 0. The van der Waals surface area contributed by atoms with Crippen molar-refractivity contribution in [2.45, 2.75) is 12.2 Å². The highest BCUT2D eigenvalue weighted by molar-refractivity contribution is 7.81. The molecular formula is C9H19N3OS. The SMILES string of the molecule is CC(S)C(=O)NCCN1CCNCC1. The van der Waals surface area contributed by atoms with Crippen molar-refractivity contribution in [1.29, 1.82) is 0 Å². The summed E-state index contributed by atoms with van der Waals surface area (Å²) in [5.74, 6) is 0.0171. The summed E-state index contributed by atoms with van der Waals surface area (Å²) >= 11 is 4.06. The van der Waals surface area contributed by atoms with Gasteiger partial charge in [0.2, 0.25) is 5.91 Å². The van der Waals surface area contributed by atoms with Gasteiger partial charge in [-0.2, -0.15) is 12.6 Å². The van der Waals surface area contributed by atoms with Crippen molar-refractivity contribution in [1.82, 2.24) is 15.5 Å². The van der Waals surface area contributed by atoms with Crippen LogP contribution < -0.4 is 10.6 Å². The van der Waals surface area contributed by atoms with Crippen LogP contribution in [0, 0.1) is 0 Å². The lowest BCUT2D eigenvalue weighted by Gasteiger charge is -2.27. The molecule has 2 N–H and O–H groups in total. The van der Waals surface area contributed by atoms with E-state index in [1.807, 2.05) is 0 Å². The van der Waals surface area contributed by atoms with Crippen LogP contribution in [0.2, 0.25) is 0 Å². The third-order valence-electron chi connectivity index (χ3n) is 2.32. The summed E-state index contributed by atoms with van der Waals surface area (Å²) in [5, 5.41) is 5.93. The molecule has 0 aliphatic carbocycles. The van der Waals surface area contributed by atoms with Crippen molar-refractivity contribution in [2.75, 3.05) is 39.3 Å². The van der Waals surface area contributed by atoms with E-state index in [-0.39, 0.29) is 11.2 Å². The second-order valence-electron chi connectivity index (χ2n) is 3.56. The fraction of sp³-hybridized carbons (Fsp3) is 0.889. The predicted octanol–water partition coefficient (Wildman–Crippen LogP) is -0.674. The van der Waals surface area contributed by atoms with Gasteiger partial charge in [0.1, 0.15) is 0 Å². The van der Waals surface area contributed by atoms with Crippen LogP contribution in [0.4, 0.5) is 0 Å². The number of carbonyl (C=O) groups excluding carboxylic acids is 1. The number of rotatable bonds is 4. The summed E-state index contributed by atoms with van der Waals surface area (Å²) < 4.78 is 0. The first kappa shape index (κ1) is 11.8. The van der Waals surface area contributed by atoms with Gasteiger partial charge in [-0.25, -0.2) is 0 Å². The molecule has 1 amide bonds. The molecule has 1 fully saturated rings. The van der Waals surface area contributed by atoms with E-state index in [0.717, 1.165) is 39.3 Å². The number of thiol groups is 1. The number of carbonyl (C=O) groups is 1. The molecule has 0 spiro atoms. The molecule has 0 bridgehead atoms. The maximum Gasteiger partial charge on any atom is 0.232 e. The molecule has 0 aromatic heterocycles. The van der Waals surface area contributed by atoms with Gasteiger partial charge >= 0.3 is 0 Å². The normalized spacial score (nSPS) is 20.4. The number of piperazine rings is 1. The number of nitrogens with zero attached hydrogens (tertiary/aromatic N) is 1. The third kappa shape index (κ3) is 4.30. The quantitative estimate of drug-likeness (QED) is 0.547. The highest BCUT2D eigenvalue weighted by atomic mass is 32.1. The van der Waals surface area contributed by atoms with Gasteiger partial charge in [-0.05, 0) is 6.92 Å². The van der Waals surface area contributed by atoms with Crippen LogP contribution in [0.25, 0.3) is 0 Å². The van der Waals surface area contributed by atoms with E-state index in [1.165, 1.54) is 0 Å². The molecule has 1 unspecified atom stereocenters. The Labute approximate surface area is 90.8 Å². The zero-order chi connectivity index (χ0) is 10.4. The summed E-state index contributed by atoms with van der Waals surface area (Å²) in [4.78, 5) is 13.5. The molecule has 14 heavy (non-hydrogen) atoms. The largest absolute Gasteiger partial charge is 0.354 e. The Bertz CT molecular complexity index is 181. The Morgan fingerprint density at radius 1 is 1.57 bits per heavy atom. The van der Waals surface area contributed by atoms with E-state index in [0.29, 0.717) is 0 Å². The summed E-state index contributed by atoms with van der Waals surface area (Å²) in [6.07, 6.45) is 0. The van der Waals surface area contributed by atoms with E-state index in [9.17, 15) is 4.79 Å². The van der Waals surface area contributed by atoms with Gasteiger partial charge in [-0.15, -0.1) is 0 Å². The average Bonchev–Trinajstić information content (AvgIpc) is 2.19. The maximum atomic E-state index is 11.2. The topological polar surface area (TPSA) is 44.4 Å². The Morgan fingerprint density at radius 2 is 2.21 bits per heavy atom. The number of hydrogen-bond donors (Lipinski definition) is 3. The molecule has 1 aliphatic rings. The van der Waals surface area contributed by atoms with Crippen LogP contribution in [0.15, 0.2) is 0 Å². The standard InChI is InChI=1S/C9H19N3OS/c1-8(14)9(13)11-4-7-12-5-2-10-3-6-12/h8,10,14H,2-7H2,1H3,(H,11,13). The van der Waals surface area contributed by atoms with Crippen LogP contribution in [-0.2, 0) is 4.79 Å². The molecule has 0 saturated carbocycles. The monoisotopic (exact) mass is 217 g/mol. The third-order valence-corrected chi connectivity index (χ3v) is 2.55. The van der Waals surface area contributed by atoms with E-state index >= 15 is 0 Å². The van der Waals surface area contributed by atoms with Crippen LogP contribution in [0.1, 0.15) is 6.92 Å². The summed E-state index contributed by atoms with van der Waals surface area (Å²) in [6.45, 7) is 7.70. The van der Waals surface area contributed by atoms with E-state index < -0.39 is 0 Å². The molecule has 82 valence electrons. The fourth-order valence-electron chi connectivity index (χ4n) is 1.42. The smallest absolute Gasteiger partial charge is 0.232 e. The van der Waals surface area contributed by atoms with Gasteiger partial charge in [0, 0.05) is 39.3 Å². The van der Waals surface area contributed by atoms with E-state index in [2.05, 4.69) is 28.2 Å². The van der Waals surface area contributed by atoms with Crippen LogP contribution in [0.5, 0.6) is 0 Å². The zero-order valence-corrected chi connectivity index (χ0v) is 9.52. The number of amides is 1. The molecule has 1 heterocycles. The Balaban J connectivity index is 2.05. The Hall–Kier alpha value is -0.260. The van der Waals surface area contributed by atoms with Crippen LogP contribution in [-0.4, -0.2) is 55.3 Å². The van der Waals surface area contributed by atoms with Crippen molar-refractivity contribution < 1.29 is 4.79 Å². The minimum Gasteiger partial charge on any atom is -0.354 e. The molecule has 0 aromatic rings. The molecule has 1 rings (SSSR count). The van der Waals surface area contributed by atoms with E-state index in [4.69, 9.17) is 0 Å². The molecule has 0 radical (unpaired) electrons. The van der Waals surface area contributed by atoms with Crippen molar-refractivity contribution in [2.24, 2.45) is 0 Å². The van der Waals surface area contributed by atoms with Crippen molar-refractivity contribution >= 4 is 18.5 Å². The lowest BCUT2D eigenvalue weighted by Crippen LogP contribution is -2.46. The molecule has 1 aliphatic heterocycles. The van der Waals surface area contributed by atoms with Gasteiger partial charge in [-0.3, -0.25) is 9.69 Å². The maximum absolute atomic E-state index is 11.2. The summed E-state index contributed by atoms with van der Waals surface area (Å²) in [6, 6.07) is 0. The van der Waals surface area contributed by atoms with Crippen molar-refractivity contribution in [3.63, 3.8) is 0 Å². The van der Waals surface area contributed by atoms with Gasteiger partial charge in [0.25, 0.3) is 0 Å². The van der Waals surface area contributed by atoms with Crippen LogP contribution >= 0.6 is 12.6 Å². The summed E-state index contributed by atoms with van der Waals surface area (Å²) in [7, 11) is 0. The molecule has 0 aromatic carbocycles. The number of nitrogens with one attached hydrogen (secondary N) is 2. The first-order chi connectivity index (χ1) is 6.70. The molecule has 1 saturated heterocycles. The average molecular weight is 217 g/mol. The first-order valence-electron chi connectivity index (χ1n) is 5.09. The van der Waals surface area contributed by atoms with Crippen molar-refractivity contribution in [3.05, 3.63) is 0 Å². The highest BCUT2D eigenvalue weighted by Crippen LogP contribution is 1.92. The number of hydrogen-bond acceptors (Lipinski definition) is 4. The van der Waals surface area contributed by atoms with Gasteiger partial charge in [-0.1, -0.05) is 0 Å². The Morgan fingerprint density at radius 3 is 2.79 bits per heavy atom. The lowest BCUT2D eigenvalue weighted by atomic mass is 10.3. The van der Waals surface area contributed by atoms with Gasteiger partial charge in [0.15, 0.2) is 0 Å². The lowest BCUT2D eigenvalue weighted by molar-refractivity contribution is -0.120. The minimum atomic E-state index is -0.210. The predicted molar refractivity (Wildman–Crippen MR) is 60.8 cm³/mol. The zero-order valence-electron chi connectivity index (χ0n) is 8.62. The van der Waals surface area contributed by atoms with Gasteiger partial charge < -0.3 is 10.6 Å². The molecular weight excluding hydrogens is 198 g/mol. The second kappa shape index (κ2) is 6.27. The molecule has 5 heteroatoms. The van der Waals surface area contributed by atoms with Crippen molar-refractivity contribution in [3.8, 4) is 0 Å². The van der Waals surface area contributed by atoms with Crippen LogP contribution in [0.3, 0.4) is 0 Å². The highest BCUT2D eigenvalue weighted by Gasteiger charge is 2.10. The fourth-order valence-corrected chi connectivity index (χ4v) is 1.51. The Kier molecular flexibility index (Phi) is 5.29. The van der Waals surface area contributed by atoms with Gasteiger partial charge in [0.05, 0.1) is 5.25 Å². The first-order valence-corrected chi connectivity index (χ1v) is 5.60. The molecule has 1 atom stereocenters.